The van der Waals surface area contributed by atoms with Crippen LogP contribution in [-0.2, 0) is 16.0 Å². The fraction of sp³-hybridized carbons (Fsp3) is 0.300. The Bertz CT molecular complexity index is 834. The number of hydrogen-bond donors (Lipinski definition) is 0. The van der Waals surface area contributed by atoms with Gasteiger partial charge in [-0.3, -0.25) is 9.59 Å². The van der Waals surface area contributed by atoms with Crippen LogP contribution >= 0.6 is 15.9 Å². The Kier molecular flexibility index (Phi) is 4.12. The fourth-order valence-electron chi connectivity index (χ4n) is 3.84. The summed E-state index contributed by atoms with van der Waals surface area (Å²) in [4.78, 5) is 29.2. The van der Waals surface area contributed by atoms with E-state index < -0.39 is 0 Å². The summed E-state index contributed by atoms with van der Waals surface area (Å²) in [6, 6.07) is 15.8. The Morgan fingerprint density at radius 2 is 1.80 bits per heavy atom. The smallest absolute Gasteiger partial charge is 0.232 e. The number of amides is 2. The highest BCUT2D eigenvalue weighted by molar-refractivity contribution is 9.10. The average Bonchev–Trinajstić information content (AvgIpc) is 3.14. The van der Waals surface area contributed by atoms with Crippen LogP contribution in [0.5, 0.6) is 0 Å². The first kappa shape index (κ1) is 16.3. The second kappa shape index (κ2) is 6.30. The van der Waals surface area contributed by atoms with Crippen LogP contribution in [0.3, 0.4) is 0 Å². The number of carbonyl (C=O) groups is 2. The van der Waals surface area contributed by atoms with Gasteiger partial charge in [0.1, 0.15) is 0 Å². The number of nitrogens with zero attached hydrogens (tertiary/aromatic N) is 2. The zero-order valence-electron chi connectivity index (χ0n) is 14.0. The number of halogens is 1. The molecule has 0 aliphatic carbocycles. The van der Waals surface area contributed by atoms with Gasteiger partial charge < -0.3 is 9.80 Å². The van der Waals surface area contributed by atoms with Crippen molar-refractivity contribution in [2.75, 3.05) is 16.3 Å². The maximum absolute atomic E-state index is 13.1. The van der Waals surface area contributed by atoms with Gasteiger partial charge >= 0.3 is 0 Å². The Morgan fingerprint density at radius 1 is 1.08 bits per heavy atom. The van der Waals surface area contributed by atoms with Crippen molar-refractivity contribution in [1.29, 1.82) is 0 Å². The molecule has 0 radical (unpaired) electrons. The minimum Gasteiger partial charge on any atom is -0.312 e. The molecule has 0 saturated carbocycles. The number of anilines is 2. The van der Waals surface area contributed by atoms with E-state index in [9.17, 15) is 9.59 Å². The van der Waals surface area contributed by atoms with Gasteiger partial charge in [0.15, 0.2) is 0 Å². The lowest BCUT2D eigenvalue weighted by Gasteiger charge is -2.26. The molecule has 0 spiro atoms. The van der Waals surface area contributed by atoms with Crippen LogP contribution in [-0.4, -0.2) is 24.4 Å². The minimum absolute atomic E-state index is 0.0146. The van der Waals surface area contributed by atoms with Gasteiger partial charge in [-0.25, -0.2) is 0 Å². The van der Waals surface area contributed by atoms with Gasteiger partial charge in [-0.15, -0.1) is 0 Å². The van der Waals surface area contributed by atoms with Crippen molar-refractivity contribution < 1.29 is 9.59 Å². The molecule has 25 heavy (non-hydrogen) atoms. The van der Waals surface area contributed by atoms with Crippen molar-refractivity contribution in [3.8, 4) is 0 Å². The van der Waals surface area contributed by atoms with E-state index >= 15 is 0 Å². The van der Waals surface area contributed by atoms with Crippen LogP contribution in [0.4, 0.5) is 11.4 Å². The van der Waals surface area contributed by atoms with Crippen LogP contribution in [0.15, 0.2) is 53.0 Å². The molecule has 2 atom stereocenters. The third kappa shape index (κ3) is 2.86. The van der Waals surface area contributed by atoms with Gasteiger partial charge in [0, 0.05) is 34.9 Å². The first-order valence-corrected chi connectivity index (χ1v) is 9.31. The van der Waals surface area contributed by atoms with E-state index in [0.717, 1.165) is 22.3 Å². The van der Waals surface area contributed by atoms with Crippen LogP contribution in [0.2, 0.25) is 0 Å². The molecule has 128 valence electrons. The Balaban J connectivity index is 1.56. The second-order valence-electron chi connectivity index (χ2n) is 6.77. The molecule has 4 rings (SSSR count). The highest BCUT2D eigenvalue weighted by atomic mass is 79.9. The van der Waals surface area contributed by atoms with Gasteiger partial charge in [0.25, 0.3) is 0 Å². The molecule has 4 nitrogen and oxygen atoms in total. The van der Waals surface area contributed by atoms with E-state index in [1.165, 1.54) is 5.56 Å². The van der Waals surface area contributed by atoms with Gasteiger partial charge in [-0.05, 0) is 49.2 Å². The van der Waals surface area contributed by atoms with Gasteiger partial charge in [0.05, 0.1) is 5.92 Å². The third-order valence-electron chi connectivity index (χ3n) is 5.06. The summed E-state index contributed by atoms with van der Waals surface area (Å²) < 4.78 is 0.970. The average molecular weight is 399 g/mol. The van der Waals surface area contributed by atoms with E-state index in [-0.39, 0.29) is 30.2 Å². The lowest BCUT2D eigenvalue weighted by molar-refractivity contribution is -0.124. The number of benzene rings is 2. The topological polar surface area (TPSA) is 40.6 Å². The molecule has 2 aromatic carbocycles. The van der Waals surface area contributed by atoms with E-state index in [1.807, 2.05) is 47.4 Å². The Hall–Kier alpha value is -2.14. The molecule has 1 saturated heterocycles. The molecule has 5 heteroatoms. The molecule has 2 amide bonds. The molecule has 0 bridgehead atoms. The van der Waals surface area contributed by atoms with Crippen molar-refractivity contribution in [2.24, 2.45) is 5.92 Å². The lowest BCUT2D eigenvalue weighted by Crippen LogP contribution is -2.41. The zero-order chi connectivity index (χ0) is 17.6. The normalized spacial score (nSPS) is 22.4. The number of rotatable bonds is 2. The first-order valence-electron chi connectivity index (χ1n) is 8.51. The Labute approximate surface area is 155 Å². The Morgan fingerprint density at radius 3 is 2.56 bits per heavy atom. The van der Waals surface area contributed by atoms with Gasteiger partial charge in [-0.2, -0.15) is 0 Å². The number of fused-ring (bicyclic) bond motifs is 1. The maximum atomic E-state index is 13.1. The number of carbonyl (C=O) groups excluding carboxylic acids is 2. The van der Waals surface area contributed by atoms with Gasteiger partial charge in [-0.1, -0.05) is 34.1 Å². The zero-order valence-corrected chi connectivity index (χ0v) is 15.6. The number of hydrogen-bond acceptors (Lipinski definition) is 2. The van der Waals surface area contributed by atoms with E-state index in [1.54, 1.807) is 4.90 Å². The highest BCUT2D eigenvalue weighted by Gasteiger charge is 2.40. The fourth-order valence-corrected chi connectivity index (χ4v) is 4.11. The molecule has 1 fully saturated rings. The lowest BCUT2D eigenvalue weighted by atomic mass is 10.1. The third-order valence-corrected chi connectivity index (χ3v) is 5.59. The van der Waals surface area contributed by atoms with E-state index in [2.05, 4.69) is 28.9 Å². The molecule has 2 heterocycles. The minimum atomic E-state index is -0.287. The highest BCUT2D eigenvalue weighted by Crippen LogP contribution is 2.35. The first-order chi connectivity index (χ1) is 12.0. The largest absolute Gasteiger partial charge is 0.312 e. The van der Waals surface area contributed by atoms with Crippen LogP contribution in [0.25, 0.3) is 0 Å². The molecule has 2 aliphatic heterocycles. The van der Waals surface area contributed by atoms with Gasteiger partial charge in [0.2, 0.25) is 11.8 Å². The maximum Gasteiger partial charge on any atom is 0.232 e. The summed E-state index contributed by atoms with van der Waals surface area (Å²) in [6.07, 6.45) is 1.15. The van der Waals surface area contributed by atoms with Crippen molar-refractivity contribution in [3.05, 3.63) is 58.6 Å². The second-order valence-corrected chi connectivity index (χ2v) is 7.69. The molecule has 0 N–H and O–H groups in total. The predicted octanol–water partition coefficient (Wildman–Crippen LogP) is 3.78. The van der Waals surface area contributed by atoms with Crippen molar-refractivity contribution in [1.82, 2.24) is 0 Å². The van der Waals surface area contributed by atoms with E-state index in [4.69, 9.17) is 0 Å². The molecule has 0 aromatic heterocycles. The summed E-state index contributed by atoms with van der Waals surface area (Å²) in [7, 11) is 0. The summed E-state index contributed by atoms with van der Waals surface area (Å²) in [6.45, 7) is 2.52. The molecular formula is C20H19BrN2O2. The van der Waals surface area contributed by atoms with Crippen molar-refractivity contribution in [2.45, 2.75) is 25.8 Å². The van der Waals surface area contributed by atoms with Crippen LogP contribution < -0.4 is 9.80 Å². The monoisotopic (exact) mass is 398 g/mol. The molecule has 2 aromatic rings. The predicted molar refractivity (Wildman–Crippen MR) is 102 cm³/mol. The van der Waals surface area contributed by atoms with E-state index in [0.29, 0.717) is 6.54 Å². The summed E-state index contributed by atoms with van der Waals surface area (Å²) in [5.41, 5.74) is 3.05. The molecule has 2 aliphatic rings. The summed E-state index contributed by atoms with van der Waals surface area (Å²) in [5.74, 6) is -0.212. The van der Waals surface area contributed by atoms with Crippen LogP contribution in [0.1, 0.15) is 18.9 Å². The SMILES string of the molecule is CC1Cc2ccccc2N1C(=O)C1CC(=O)N(c2ccc(Br)cc2)C1. The number of para-hydroxylation sites is 1. The summed E-state index contributed by atoms with van der Waals surface area (Å²) in [5, 5.41) is 0. The molecule has 2 unspecified atom stereocenters. The molecular weight excluding hydrogens is 380 g/mol. The summed E-state index contributed by atoms with van der Waals surface area (Å²) >= 11 is 3.41. The standard InChI is InChI=1S/C20H19BrN2O2/c1-13-10-14-4-2-3-5-18(14)23(13)20(25)15-11-19(24)22(12-15)17-8-6-16(21)7-9-17/h2-9,13,15H,10-12H2,1H3. The van der Waals surface area contributed by atoms with Crippen molar-refractivity contribution >= 4 is 39.1 Å². The van der Waals surface area contributed by atoms with Crippen molar-refractivity contribution in [3.63, 3.8) is 0 Å². The van der Waals surface area contributed by atoms with Crippen LogP contribution in [0, 0.1) is 5.92 Å². The quantitative estimate of drug-likeness (QED) is 0.771.